The van der Waals surface area contributed by atoms with E-state index in [-0.39, 0.29) is 29.2 Å². The fourth-order valence-corrected chi connectivity index (χ4v) is 8.38. The van der Waals surface area contributed by atoms with E-state index in [0.717, 1.165) is 17.3 Å². The van der Waals surface area contributed by atoms with Crippen molar-refractivity contribution in [1.29, 1.82) is 0 Å². The first-order valence-electron chi connectivity index (χ1n) is 11.0. The Kier molecular flexibility index (Phi) is 5.14. The van der Waals surface area contributed by atoms with Gasteiger partial charge in [0.1, 0.15) is 0 Å². The molecule has 0 aromatic rings. The third-order valence-electron chi connectivity index (χ3n) is 8.97. The summed E-state index contributed by atoms with van der Waals surface area (Å²) in [6.07, 6.45) is 6.42. The number of rotatable bonds is 2. The minimum atomic E-state index is -1.97. The van der Waals surface area contributed by atoms with Crippen molar-refractivity contribution in [2.24, 2.45) is 28.6 Å². The van der Waals surface area contributed by atoms with Gasteiger partial charge in [0.15, 0.2) is 17.1 Å². The van der Waals surface area contributed by atoms with E-state index in [4.69, 9.17) is 4.74 Å². The molecule has 3 saturated carbocycles. The van der Waals surface area contributed by atoms with Crippen LogP contribution in [0, 0.1) is 28.6 Å². The number of aliphatic hydroxyl groups excluding tert-OH is 1. The fourth-order valence-electron chi connectivity index (χ4n) is 7.60. The normalized spacial score (nSPS) is 48.4. The van der Waals surface area contributed by atoms with E-state index < -0.39 is 40.1 Å². The number of thioether (sulfide) groups is 1. The second kappa shape index (κ2) is 7.01. The van der Waals surface area contributed by atoms with Crippen molar-refractivity contribution >= 4 is 28.6 Å². The van der Waals surface area contributed by atoms with E-state index in [1.54, 1.807) is 19.3 Å². The highest BCUT2D eigenvalue weighted by Crippen LogP contribution is 2.71. The van der Waals surface area contributed by atoms with Gasteiger partial charge in [0.2, 0.25) is 5.12 Å². The number of carbonyl (C=O) groups is 3. The minimum absolute atomic E-state index is 0.0131. The highest BCUT2D eigenvalue weighted by atomic mass is 32.2. The molecule has 5 nitrogen and oxygen atoms in total. The molecule has 0 spiro atoms. The molecule has 8 atom stereocenters. The molecule has 170 valence electrons. The maximum absolute atomic E-state index is 17.1. The Bertz CT molecular complexity index is 914. The van der Waals surface area contributed by atoms with Crippen LogP contribution in [0.4, 0.5) is 4.39 Å². The van der Waals surface area contributed by atoms with E-state index in [0.29, 0.717) is 19.3 Å². The molecule has 0 aromatic carbocycles. The lowest BCUT2D eigenvalue weighted by molar-refractivity contribution is -0.224. The Labute approximate surface area is 186 Å². The predicted molar refractivity (Wildman–Crippen MR) is 116 cm³/mol. The molecular weight excluding hydrogens is 419 g/mol. The molecule has 4 rings (SSSR count). The molecule has 8 unspecified atom stereocenters. The van der Waals surface area contributed by atoms with Crippen LogP contribution in [-0.2, 0) is 19.1 Å². The standard InChI is InChI=1S/C24H31FO5S/c1-13-10-18-17-7-6-15-11-16(27)8-9-21(15,3)23(17,25)19(28)12-22(18,4)24(13,20(29)31-5)30-14(2)26/h8-9,11,13,17-19,28H,6-7,10,12H2,1-5H3. The van der Waals surface area contributed by atoms with Gasteiger partial charge in [0.25, 0.3) is 0 Å². The lowest BCUT2D eigenvalue weighted by atomic mass is 9.45. The Balaban J connectivity index is 1.86. The van der Waals surface area contributed by atoms with Gasteiger partial charge in [-0.25, -0.2) is 4.39 Å². The topological polar surface area (TPSA) is 80.7 Å². The highest BCUT2D eigenvalue weighted by Gasteiger charge is 2.77. The van der Waals surface area contributed by atoms with Crippen molar-refractivity contribution in [1.82, 2.24) is 0 Å². The van der Waals surface area contributed by atoms with Gasteiger partial charge >= 0.3 is 5.97 Å². The van der Waals surface area contributed by atoms with E-state index in [1.165, 1.54) is 19.1 Å². The summed E-state index contributed by atoms with van der Waals surface area (Å²) < 4.78 is 23.0. The molecule has 0 saturated heterocycles. The molecular formula is C24H31FO5S. The minimum Gasteiger partial charge on any atom is -0.449 e. The van der Waals surface area contributed by atoms with Crippen LogP contribution in [0.1, 0.15) is 53.4 Å². The van der Waals surface area contributed by atoms with E-state index in [2.05, 4.69) is 0 Å². The quantitative estimate of drug-likeness (QED) is 0.645. The molecule has 7 heteroatoms. The third kappa shape index (κ3) is 2.62. The van der Waals surface area contributed by atoms with Crippen LogP contribution in [0.5, 0.6) is 0 Å². The second-order valence-corrected chi connectivity index (χ2v) is 11.0. The van der Waals surface area contributed by atoms with Gasteiger partial charge in [-0.15, -0.1) is 0 Å². The Morgan fingerprint density at radius 2 is 1.97 bits per heavy atom. The Hall–Kier alpha value is -1.47. The maximum atomic E-state index is 17.1. The van der Waals surface area contributed by atoms with E-state index in [1.807, 2.05) is 13.8 Å². The zero-order valence-corrected chi connectivity index (χ0v) is 19.6. The van der Waals surface area contributed by atoms with Gasteiger partial charge in [-0.3, -0.25) is 14.4 Å². The van der Waals surface area contributed by atoms with Crippen LogP contribution < -0.4 is 0 Å². The lowest BCUT2D eigenvalue weighted by Gasteiger charge is -2.62. The van der Waals surface area contributed by atoms with Gasteiger partial charge in [-0.1, -0.05) is 37.3 Å². The number of hydrogen-bond donors (Lipinski definition) is 1. The number of alkyl halides is 1. The summed E-state index contributed by atoms with van der Waals surface area (Å²) in [5.74, 6) is -1.75. The average molecular weight is 451 g/mol. The van der Waals surface area contributed by atoms with Gasteiger partial charge < -0.3 is 9.84 Å². The zero-order chi connectivity index (χ0) is 23.0. The molecule has 0 aliphatic heterocycles. The number of allylic oxidation sites excluding steroid dienone is 4. The molecule has 0 bridgehead atoms. The van der Waals surface area contributed by atoms with Crippen LogP contribution in [0.2, 0.25) is 0 Å². The van der Waals surface area contributed by atoms with Crippen LogP contribution in [0.3, 0.4) is 0 Å². The molecule has 4 aliphatic rings. The molecule has 0 aromatic heterocycles. The summed E-state index contributed by atoms with van der Waals surface area (Å²) in [5.41, 5.74) is -4.61. The molecule has 4 aliphatic carbocycles. The summed E-state index contributed by atoms with van der Waals surface area (Å²) >= 11 is 1.02. The summed E-state index contributed by atoms with van der Waals surface area (Å²) in [6.45, 7) is 6.83. The lowest BCUT2D eigenvalue weighted by Crippen LogP contribution is -2.69. The number of aliphatic hydroxyl groups is 1. The van der Waals surface area contributed by atoms with Crippen LogP contribution in [0.15, 0.2) is 23.8 Å². The van der Waals surface area contributed by atoms with Crippen molar-refractivity contribution in [3.8, 4) is 0 Å². The number of hydrogen-bond acceptors (Lipinski definition) is 6. The van der Waals surface area contributed by atoms with Gasteiger partial charge in [0.05, 0.1) is 6.10 Å². The first-order chi connectivity index (χ1) is 14.4. The number of esters is 1. The number of carbonyl (C=O) groups excluding carboxylic acids is 3. The smallest absolute Gasteiger partial charge is 0.303 e. The van der Waals surface area contributed by atoms with Crippen molar-refractivity contribution in [2.75, 3.05) is 6.26 Å². The number of halogens is 1. The average Bonchev–Trinajstić information content (AvgIpc) is 2.90. The summed E-state index contributed by atoms with van der Waals surface area (Å²) in [4.78, 5) is 37.3. The first kappa shape index (κ1) is 22.7. The SMILES string of the molecule is CSC(=O)C1(OC(C)=O)C(C)CC2C3CCC4=CC(=O)C=CC4(C)C3(F)C(O)CC21C. The predicted octanol–water partition coefficient (Wildman–Crippen LogP) is 3.79. The first-order valence-corrected chi connectivity index (χ1v) is 12.2. The maximum Gasteiger partial charge on any atom is 0.303 e. The number of fused-ring (bicyclic) bond motifs is 5. The van der Waals surface area contributed by atoms with Gasteiger partial charge in [-0.05, 0) is 56.9 Å². The largest absolute Gasteiger partial charge is 0.449 e. The molecule has 3 fully saturated rings. The third-order valence-corrected chi connectivity index (χ3v) is 9.65. The molecule has 0 heterocycles. The van der Waals surface area contributed by atoms with Gasteiger partial charge in [-0.2, -0.15) is 0 Å². The van der Waals surface area contributed by atoms with Crippen molar-refractivity contribution < 1.29 is 28.6 Å². The second-order valence-electron chi connectivity index (χ2n) is 10.2. The van der Waals surface area contributed by atoms with Crippen molar-refractivity contribution in [3.63, 3.8) is 0 Å². The Morgan fingerprint density at radius 3 is 2.58 bits per heavy atom. The highest BCUT2D eigenvalue weighted by molar-refractivity contribution is 8.13. The molecule has 0 radical (unpaired) electrons. The van der Waals surface area contributed by atoms with E-state index >= 15 is 4.39 Å². The summed E-state index contributed by atoms with van der Waals surface area (Å²) in [7, 11) is 0. The van der Waals surface area contributed by atoms with Crippen LogP contribution in [-0.4, -0.2) is 45.6 Å². The van der Waals surface area contributed by atoms with E-state index in [9.17, 15) is 19.5 Å². The summed E-state index contributed by atoms with van der Waals surface area (Å²) in [5, 5.41) is 11.1. The monoisotopic (exact) mass is 450 g/mol. The van der Waals surface area contributed by atoms with Crippen molar-refractivity contribution in [2.45, 2.75) is 70.8 Å². The van der Waals surface area contributed by atoms with Crippen LogP contribution >= 0.6 is 11.8 Å². The zero-order valence-electron chi connectivity index (χ0n) is 18.7. The van der Waals surface area contributed by atoms with Crippen molar-refractivity contribution in [3.05, 3.63) is 23.8 Å². The summed E-state index contributed by atoms with van der Waals surface area (Å²) in [6, 6.07) is 0. The fraction of sp³-hybridized carbons (Fsp3) is 0.708. The molecule has 1 N–H and O–H groups in total. The number of ether oxygens (including phenoxy) is 1. The number of ketones is 1. The molecule has 31 heavy (non-hydrogen) atoms. The van der Waals surface area contributed by atoms with Crippen LogP contribution in [0.25, 0.3) is 0 Å². The molecule has 0 amide bonds. The van der Waals surface area contributed by atoms with Gasteiger partial charge in [0, 0.05) is 29.6 Å². The Morgan fingerprint density at radius 1 is 1.29 bits per heavy atom.